The number of carbonyl (C=O) groups is 2. The molecular formula is C15H20N2O2S. The lowest BCUT2D eigenvalue weighted by molar-refractivity contribution is -0.128. The SMILES string of the molecule is O=C1CCSCC(C(=O)NCCCc2ccccc2)N1. The number of carbonyl (C=O) groups excluding carboxylic acids is 2. The molecule has 1 atom stereocenters. The molecule has 0 aromatic heterocycles. The Hall–Kier alpha value is -1.49. The first-order valence-corrected chi connectivity index (χ1v) is 8.10. The third-order valence-electron chi connectivity index (χ3n) is 3.19. The Labute approximate surface area is 123 Å². The Bertz CT molecular complexity index is 450. The minimum absolute atomic E-state index is 0.0283. The van der Waals surface area contributed by atoms with Crippen LogP contribution in [-0.2, 0) is 16.0 Å². The molecule has 1 aliphatic heterocycles. The maximum Gasteiger partial charge on any atom is 0.243 e. The van der Waals surface area contributed by atoms with Gasteiger partial charge in [-0.15, -0.1) is 0 Å². The summed E-state index contributed by atoms with van der Waals surface area (Å²) in [6.07, 6.45) is 2.36. The lowest BCUT2D eigenvalue weighted by Gasteiger charge is -2.15. The van der Waals surface area contributed by atoms with Crippen molar-refractivity contribution in [1.82, 2.24) is 10.6 Å². The number of thioether (sulfide) groups is 1. The van der Waals surface area contributed by atoms with Gasteiger partial charge in [0.2, 0.25) is 11.8 Å². The van der Waals surface area contributed by atoms with E-state index in [1.54, 1.807) is 11.8 Å². The molecule has 0 aliphatic carbocycles. The van der Waals surface area contributed by atoms with E-state index in [0.29, 0.717) is 18.7 Å². The van der Waals surface area contributed by atoms with E-state index in [1.807, 2.05) is 18.2 Å². The Morgan fingerprint density at radius 3 is 2.95 bits per heavy atom. The highest BCUT2D eigenvalue weighted by molar-refractivity contribution is 7.99. The van der Waals surface area contributed by atoms with Crippen LogP contribution < -0.4 is 10.6 Å². The van der Waals surface area contributed by atoms with Gasteiger partial charge in [-0.2, -0.15) is 11.8 Å². The fraction of sp³-hybridized carbons (Fsp3) is 0.467. The third kappa shape index (κ3) is 4.89. The van der Waals surface area contributed by atoms with E-state index in [0.717, 1.165) is 18.6 Å². The van der Waals surface area contributed by atoms with Gasteiger partial charge >= 0.3 is 0 Å². The third-order valence-corrected chi connectivity index (χ3v) is 4.26. The Balaban J connectivity index is 1.68. The molecule has 1 unspecified atom stereocenters. The molecule has 0 bridgehead atoms. The standard InChI is InChI=1S/C15H20N2O2S/c18-14-8-10-20-11-13(17-14)15(19)16-9-4-7-12-5-2-1-3-6-12/h1-3,5-6,13H,4,7-11H2,(H,16,19)(H,17,18). The molecule has 2 rings (SSSR count). The summed E-state index contributed by atoms with van der Waals surface area (Å²) in [5, 5.41) is 5.67. The van der Waals surface area contributed by atoms with Gasteiger partial charge in [0.1, 0.15) is 6.04 Å². The molecule has 0 radical (unpaired) electrons. The van der Waals surface area contributed by atoms with Crippen LogP contribution in [0.5, 0.6) is 0 Å². The maximum atomic E-state index is 12.0. The number of rotatable bonds is 5. The number of amides is 2. The zero-order valence-corrected chi connectivity index (χ0v) is 12.2. The van der Waals surface area contributed by atoms with Gasteiger partial charge in [-0.3, -0.25) is 9.59 Å². The molecule has 0 spiro atoms. The second-order valence-corrected chi connectivity index (χ2v) is 5.98. The first-order valence-electron chi connectivity index (χ1n) is 6.94. The molecule has 1 aromatic carbocycles. The Kier molecular flexibility index (Phi) is 5.92. The van der Waals surface area contributed by atoms with E-state index in [4.69, 9.17) is 0 Å². The monoisotopic (exact) mass is 292 g/mol. The fourth-order valence-electron chi connectivity index (χ4n) is 2.09. The van der Waals surface area contributed by atoms with Crippen LogP contribution in [0.25, 0.3) is 0 Å². The Morgan fingerprint density at radius 1 is 1.35 bits per heavy atom. The van der Waals surface area contributed by atoms with Crippen molar-refractivity contribution < 1.29 is 9.59 Å². The summed E-state index contributed by atoms with van der Waals surface area (Å²) in [7, 11) is 0. The van der Waals surface area contributed by atoms with Gasteiger partial charge in [-0.25, -0.2) is 0 Å². The van der Waals surface area contributed by atoms with E-state index in [1.165, 1.54) is 5.56 Å². The largest absolute Gasteiger partial charge is 0.354 e. The summed E-state index contributed by atoms with van der Waals surface area (Å²) in [6, 6.07) is 9.83. The van der Waals surface area contributed by atoms with Crippen LogP contribution in [0.2, 0.25) is 0 Å². The van der Waals surface area contributed by atoms with Crippen LogP contribution in [0.4, 0.5) is 0 Å². The van der Waals surface area contributed by atoms with E-state index >= 15 is 0 Å². The van der Waals surface area contributed by atoms with Gasteiger partial charge in [0.25, 0.3) is 0 Å². The lowest BCUT2D eigenvalue weighted by atomic mass is 10.1. The van der Waals surface area contributed by atoms with Crippen LogP contribution in [0.3, 0.4) is 0 Å². The van der Waals surface area contributed by atoms with Crippen molar-refractivity contribution in [1.29, 1.82) is 0 Å². The Morgan fingerprint density at radius 2 is 2.15 bits per heavy atom. The first kappa shape index (κ1) is 14.9. The van der Waals surface area contributed by atoms with Crippen molar-refractivity contribution in [3.8, 4) is 0 Å². The van der Waals surface area contributed by atoms with Crippen LogP contribution in [-0.4, -0.2) is 35.9 Å². The first-order chi connectivity index (χ1) is 9.75. The van der Waals surface area contributed by atoms with Crippen LogP contribution in [0.15, 0.2) is 30.3 Å². The number of hydrogen-bond donors (Lipinski definition) is 2. The van der Waals surface area contributed by atoms with E-state index in [-0.39, 0.29) is 17.9 Å². The van der Waals surface area contributed by atoms with Crippen molar-refractivity contribution in [2.45, 2.75) is 25.3 Å². The molecule has 1 heterocycles. The molecule has 4 nitrogen and oxygen atoms in total. The molecule has 5 heteroatoms. The number of nitrogens with one attached hydrogen (secondary N) is 2. The van der Waals surface area contributed by atoms with Crippen LogP contribution in [0.1, 0.15) is 18.4 Å². The molecule has 1 aliphatic rings. The van der Waals surface area contributed by atoms with Gasteiger partial charge in [-0.1, -0.05) is 30.3 Å². The lowest BCUT2D eigenvalue weighted by Crippen LogP contribution is -2.47. The number of aryl methyl sites for hydroxylation is 1. The summed E-state index contributed by atoms with van der Waals surface area (Å²) in [5.41, 5.74) is 1.28. The molecule has 0 saturated carbocycles. The van der Waals surface area contributed by atoms with Crippen molar-refractivity contribution in [2.75, 3.05) is 18.1 Å². The minimum Gasteiger partial charge on any atom is -0.354 e. The molecule has 1 fully saturated rings. The molecule has 108 valence electrons. The van der Waals surface area contributed by atoms with E-state index in [2.05, 4.69) is 22.8 Å². The average Bonchev–Trinajstić information content (AvgIpc) is 2.69. The summed E-state index contributed by atoms with van der Waals surface area (Å²) < 4.78 is 0. The second kappa shape index (κ2) is 7.94. The molecule has 1 saturated heterocycles. The van der Waals surface area contributed by atoms with Crippen molar-refractivity contribution in [3.63, 3.8) is 0 Å². The average molecular weight is 292 g/mol. The van der Waals surface area contributed by atoms with Gasteiger partial charge in [-0.05, 0) is 18.4 Å². The van der Waals surface area contributed by atoms with E-state index < -0.39 is 0 Å². The van der Waals surface area contributed by atoms with Crippen LogP contribution >= 0.6 is 11.8 Å². The predicted octanol–water partition coefficient (Wildman–Crippen LogP) is 1.36. The zero-order valence-electron chi connectivity index (χ0n) is 11.4. The summed E-state index contributed by atoms with van der Waals surface area (Å²) >= 11 is 1.65. The quantitative estimate of drug-likeness (QED) is 0.806. The highest BCUT2D eigenvalue weighted by Crippen LogP contribution is 2.09. The number of benzene rings is 1. The minimum atomic E-state index is -0.383. The van der Waals surface area contributed by atoms with Gasteiger partial charge < -0.3 is 10.6 Å². The fourth-order valence-corrected chi connectivity index (χ4v) is 3.05. The van der Waals surface area contributed by atoms with Crippen molar-refractivity contribution in [2.24, 2.45) is 0 Å². The zero-order chi connectivity index (χ0) is 14.2. The highest BCUT2D eigenvalue weighted by atomic mass is 32.2. The van der Waals surface area contributed by atoms with Gasteiger partial charge in [0, 0.05) is 24.5 Å². The van der Waals surface area contributed by atoms with Gasteiger partial charge in [0.15, 0.2) is 0 Å². The van der Waals surface area contributed by atoms with Crippen molar-refractivity contribution >= 4 is 23.6 Å². The number of hydrogen-bond acceptors (Lipinski definition) is 3. The maximum absolute atomic E-state index is 12.0. The summed E-state index contributed by atoms with van der Waals surface area (Å²) in [4.78, 5) is 23.4. The second-order valence-electron chi connectivity index (χ2n) is 4.83. The summed E-state index contributed by atoms with van der Waals surface area (Å²) in [5.74, 6) is 1.36. The molecule has 2 N–H and O–H groups in total. The molecule has 20 heavy (non-hydrogen) atoms. The predicted molar refractivity (Wildman–Crippen MR) is 81.6 cm³/mol. The molecular weight excluding hydrogens is 272 g/mol. The topological polar surface area (TPSA) is 58.2 Å². The van der Waals surface area contributed by atoms with Crippen molar-refractivity contribution in [3.05, 3.63) is 35.9 Å². The summed E-state index contributed by atoms with van der Waals surface area (Å²) in [6.45, 7) is 0.644. The smallest absolute Gasteiger partial charge is 0.243 e. The normalized spacial score (nSPS) is 19.0. The molecule has 1 aromatic rings. The highest BCUT2D eigenvalue weighted by Gasteiger charge is 2.22. The van der Waals surface area contributed by atoms with E-state index in [9.17, 15) is 9.59 Å². The van der Waals surface area contributed by atoms with Gasteiger partial charge in [0.05, 0.1) is 0 Å². The molecule has 2 amide bonds. The van der Waals surface area contributed by atoms with Crippen LogP contribution in [0, 0.1) is 0 Å².